The van der Waals surface area contributed by atoms with Crippen molar-refractivity contribution in [3.05, 3.63) is 78.5 Å². The van der Waals surface area contributed by atoms with Crippen LogP contribution < -0.4 is 15.9 Å². The van der Waals surface area contributed by atoms with Gasteiger partial charge in [0.25, 0.3) is 0 Å². The average Bonchev–Trinajstić information content (AvgIpc) is 3.18. The number of halogens is 1. The summed E-state index contributed by atoms with van der Waals surface area (Å²) in [5.74, 6) is 0.628. The second-order valence-electron chi connectivity index (χ2n) is 11.8. The van der Waals surface area contributed by atoms with Crippen molar-refractivity contribution in [1.29, 1.82) is 0 Å². The quantitative estimate of drug-likeness (QED) is 0.277. The average molecular weight is 566 g/mol. The first-order valence-electron chi connectivity index (χ1n) is 12.8. The van der Waals surface area contributed by atoms with E-state index in [2.05, 4.69) is 115 Å². The Labute approximate surface area is 226 Å². The highest BCUT2D eigenvalue weighted by atomic mass is 79.9. The van der Waals surface area contributed by atoms with Crippen LogP contribution >= 0.6 is 35.2 Å². The van der Waals surface area contributed by atoms with E-state index in [0.717, 1.165) is 0 Å². The van der Waals surface area contributed by atoms with E-state index in [4.69, 9.17) is 0 Å². The SMILES string of the molecule is Cc1cc(C)cc(P(c2cc(C)cc(C)c2)c2c(C)sc(C)c2C2=C(Br)[C@@H]3CC[C@@]2(C)C3(C)C)c1. The molecule has 0 spiro atoms. The zero-order valence-corrected chi connectivity index (χ0v) is 26.0. The number of fused-ring (bicyclic) bond motifs is 2. The summed E-state index contributed by atoms with van der Waals surface area (Å²) in [7, 11) is -0.674. The number of allylic oxidation sites excluding steroid dienone is 2. The number of aryl methyl sites for hydroxylation is 6. The van der Waals surface area contributed by atoms with Crippen LogP contribution in [0.25, 0.3) is 5.57 Å². The van der Waals surface area contributed by atoms with Gasteiger partial charge >= 0.3 is 0 Å². The topological polar surface area (TPSA) is 0 Å². The normalized spacial score (nSPS) is 23.1. The first kappa shape index (κ1) is 25.4. The van der Waals surface area contributed by atoms with Crippen LogP contribution in [0.2, 0.25) is 0 Å². The van der Waals surface area contributed by atoms with Gasteiger partial charge in [-0.15, -0.1) is 11.3 Å². The maximum absolute atomic E-state index is 4.19. The van der Waals surface area contributed by atoms with E-state index in [1.807, 2.05) is 11.3 Å². The largest absolute Gasteiger partial charge is 0.145 e. The summed E-state index contributed by atoms with van der Waals surface area (Å²) in [6.07, 6.45) is 2.59. The summed E-state index contributed by atoms with van der Waals surface area (Å²) in [6.45, 7) is 21.3. The van der Waals surface area contributed by atoms with Crippen LogP contribution in [0.5, 0.6) is 0 Å². The molecule has 2 aliphatic carbocycles. The maximum Gasteiger partial charge on any atom is 0.0107 e. The number of benzene rings is 2. The van der Waals surface area contributed by atoms with Gasteiger partial charge in [0, 0.05) is 25.1 Å². The Hall–Kier alpha value is -1.21. The van der Waals surface area contributed by atoms with Crippen molar-refractivity contribution in [3.63, 3.8) is 0 Å². The Morgan fingerprint density at radius 2 is 1.26 bits per heavy atom. The van der Waals surface area contributed by atoms with E-state index in [0.29, 0.717) is 5.92 Å². The lowest BCUT2D eigenvalue weighted by atomic mass is 9.66. The van der Waals surface area contributed by atoms with Crippen molar-refractivity contribution >= 4 is 56.7 Å². The monoisotopic (exact) mass is 564 g/mol. The molecule has 0 saturated heterocycles. The minimum atomic E-state index is -0.674. The zero-order chi connectivity index (χ0) is 25.4. The summed E-state index contributed by atoms with van der Waals surface area (Å²) < 4.78 is 1.48. The molecule has 1 fully saturated rings. The fourth-order valence-corrected chi connectivity index (χ4v) is 12.9. The van der Waals surface area contributed by atoms with Crippen molar-refractivity contribution in [3.8, 4) is 0 Å². The van der Waals surface area contributed by atoms with Gasteiger partial charge in [0.05, 0.1) is 0 Å². The van der Waals surface area contributed by atoms with Crippen molar-refractivity contribution in [2.24, 2.45) is 16.7 Å². The summed E-state index contributed by atoms with van der Waals surface area (Å²) >= 11 is 6.19. The Morgan fingerprint density at radius 1 is 0.771 bits per heavy atom. The van der Waals surface area contributed by atoms with Crippen LogP contribution in [0.15, 0.2) is 40.9 Å². The summed E-state index contributed by atoms with van der Waals surface area (Å²) in [5, 5.41) is 4.55. The number of hydrogen-bond acceptors (Lipinski definition) is 1. The third kappa shape index (κ3) is 3.86. The van der Waals surface area contributed by atoms with Gasteiger partial charge in [-0.25, -0.2) is 0 Å². The third-order valence-corrected chi connectivity index (χ3v) is 13.6. The van der Waals surface area contributed by atoms with E-state index >= 15 is 0 Å². The smallest absolute Gasteiger partial charge is 0.0107 e. The van der Waals surface area contributed by atoms with Crippen LogP contribution in [-0.2, 0) is 0 Å². The maximum atomic E-state index is 4.19. The second-order valence-corrected chi connectivity index (χ2v) is 16.3. The number of hydrogen-bond donors (Lipinski definition) is 0. The van der Waals surface area contributed by atoms with Gasteiger partial charge in [-0.2, -0.15) is 0 Å². The van der Waals surface area contributed by atoms with Gasteiger partial charge in [0.2, 0.25) is 0 Å². The minimum absolute atomic E-state index is 0.204. The molecule has 1 heterocycles. The van der Waals surface area contributed by atoms with Crippen molar-refractivity contribution < 1.29 is 0 Å². The molecule has 2 bridgehead atoms. The lowest BCUT2D eigenvalue weighted by Crippen LogP contribution is -2.32. The van der Waals surface area contributed by atoms with E-state index in [-0.39, 0.29) is 10.8 Å². The minimum Gasteiger partial charge on any atom is -0.145 e. The lowest BCUT2D eigenvalue weighted by molar-refractivity contribution is 0.189. The molecule has 184 valence electrons. The van der Waals surface area contributed by atoms with Crippen LogP contribution in [0.4, 0.5) is 0 Å². The van der Waals surface area contributed by atoms with Gasteiger partial charge in [0.15, 0.2) is 0 Å². The number of thiophene rings is 1. The Kier molecular flexibility index (Phi) is 6.31. The molecule has 3 heteroatoms. The molecular formula is C32H38BrPS. The molecule has 5 rings (SSSR count). The molecular weight excluding hydrogens is 527 g/mol. The van der Waals surface area contributed by atoms with Gasteiger partial charge in [-0.3, -0.25) is 0 Å². The lowest BCUT2D eigenvalue weighted by Gasteiger charge is -2.38. The number of rotatable bonds is 4. The molecule has 0 nitrogen and oxygen atoms in total. The van der Waals surface area contributed by atoms with Gasteiger partial charge < -0.3 is 0 Å². The standard InChI is InChI=1S/C32H38BrPS/c1-18-12-19(2)15-24(14-18)34(25-16-20(3)13-21(4)17-25)30-23(6)35-22(5)27(30)28-29(33)26-10-11-32(28,9)31(26,7)8/h12-17,26H,10-11H2,1-9H3/t26-,32+/m0/s1. The van der Waals surface area contributed by atoms with Gasteiger partial charge in [0.1, 0.15) is 0 Å². The summed E-state index contributed by atoms with van der Waals surface area (Å²) in [4.78, 5) is 2.97. The molecule has 2 aromatic carbocycles. The Balaban J connectivity index is 1.83. The molecule has 0 N–H and O–H groups in total. The molecule has 1 aromatic heterocycles. The molecule has 0 unspecified atom stereocenters. The summed E-state index contributed by atoms with van der Waals surface area (Å²) in [6, 6.07) is 14.4. The molecule has 1 saturated carbocycles. The molecule has 0 radical (unpaired) electrons. The van der Waals surface area contributed by atoms with Gasteiger partial charge in [-0.1, -0.05) is 95.4 Å². The molecule has 35 heavy (non-hydrogen) atoms. The molecule has 2 aliphatic rings. The van der Waals surface area contributed by atoms with Crippen molar-refractivity contribution in [2.45, 2.75) is 75.2 Å². The Bertz CT molecular complexity index is 1280. The first-order chi connectivity index (χ1) is 16.3. The zero-order valence-electron chi connectivity index (χ0n) is 22.7. The van der Waals surface area contributed by atoms with Crippen molar-refractivity contribution in [2.75, 3.05) is 0 Å². The first-order valence-corrected chi connectivity index (χ1v) is 15.8. The van der Waals surface area contributed by atoms with Crippen LogP contribution in [0, 0.1) is 58.3 Å². The molecule has 0 aliphatic heterocycles. The van der Waals surface area contributed by atoms with Gasteiger partial charge in [-0.05, 0) is 95.2 Å². The second kappa shape index (κ2) is 8.68. The fraction of sp³-hybridized carbons (Fsp3) is 0.438. The highest BCUT2D eigenvalue weighted by Crippen LogP contribution is 2.72. The van der Waals surface area contributed by atoms with Crippen LogP contribution in [0.3, 0.4) is 0 Å². The Morgan fingerprint density at radius 3 is 1.69 bits per heavy atom. The highest BCUT2D eigenvalue weighted by molar-refractivity contribution is 9.11. The predicted octanol–water partition coefficient (Wildman–Crippen LogP) is 8.92. The predicted molar refractivity (Wildman–Crippen MR) is 162 cm³/mol. The summed E-state index contributed by atoms with van der Waals surface area (Å²) in [5.41, 5.74) is 9.08. The van der Waals surface area contributed by atoms with E-state index < -0.39 is 7.92 Å². The third-order valence-electron chi connectivity index (χ3n) is 8.95. The highest BCUT2D eigenvalue weighted by Gasteiger charge is 2.61. The molecule has 0 amide bonds. The van der Waals surface area contributed by atoms with Crippen LogP contribution in [0.1, 0.15) is 71.2 Å². The van der Waals surface area contributed by atoms with E-state index in [1.165, 1.54) is 59.9 Å². The van der Waals surface area contributed by atoms with E-state index in [1.54, 1.807) is 16.4 Å². The van der Waals surface area contributed by atoms with Crippen molar-refractivity contribution in [1.82, 2.24) is 0 Å². The van der Waals surface area contributed by atoms with Crippen LogP contribution in [-0.4, -0.2) is 0 Å². The fourth-order valence-electron chi connectivity index (χ4n) is 7.03. The molecule has 3 aromatic rings. The van der Waals surface area contributed by atoms with E-state index in [9.17, 15) is 0 Å². The molecule has 2 atom stereocenters.